The Morgan fingerprint density at radius 2 is 1.57 bits per heavy atom. The molecule has 0 saturated heterocycles. The van der Waals surface area contributed by atoms with Gasteiger partial charge < -0.3 is 9.53 Å². The normalized spacial score (nSPS) is 45.1. The number of esters is 1. The lowest BCUT2D eigenvalue weighted by Gasteiger charge is -2.67. The van der Waals surface area contributed by atoms with Crippen molar-refractivity contribution in [3.05, 3.63) is 46.0 Å². The molecule has 1 aromatic carbocycles. The third kappa shape index (κ3) is 5.04. The van der Waals surface area contributed by atoms with Crippen molar-refractivity contribution >= 4 is 29.6 Å². The summed E-state index contributed by atoms with van der Waals surface area (Å²) in [4.78, 5) is 38.6. The molecule has 5 nitrogen and oxygen atoms in total. The number of allylic oxidation sites excluding steroid dienone is 1. The quantitative estimate of drug-likeness (QED) is 0.229. The van der Waals surface area contributed by atoms with Gasteiger partial charge in [-0.1, -0.05) is 65.3 Å². The van der Waals surface area contributed by atoms with E-state index in [2.05, 4.69) is 52.1 Å². The molecule has 0 heterocycles. The number of hydrogen-bond donors (Lipinski definition) is 1. The third-order valence-corrected chi connectivity index (χ3v) is 16.6. The summed E-state index contributed by atoms with van der Waals surface area (Å²) in [6.45, 7) is 14.1. The van der Waals surface area contributed by atoms with Gasteiger partial charge in [-0.25, -0.2) is 0 Å². The monoisotopic (exact) mass is 687 g/mol. The molecular weight excluding hydrogens is 630 g/mol. The number of aldehydes is 1. The van der Waals surface area contributed by atoms with Gasteiger partial charge in [-0.3, -0.25) is 14.9 Å². The van der Waals surface area contributed by atoms with Crippen LogP contribution in [0.5, 0.6) is 0 Å². The number of halogens is 1. The summed E-state index contributed by atoms with van der Waals surface area (Å²) in [7, 11) is 0. The van der Waals surface area contributed by atoms with E-state index in [4.69, 9.17) is 16.3 Å². The lowest BCUT2D eigenvalue weighted by atomic mass is 9.38. The van der Waals surface area contributed by atoms with Crippen molar-refractivity contribution in [3.63, 3.8) is 0 Å². The van der Waals surface area contributed by atoms with E-state index in [0.717, 1.165) is 49.0 Å². The van der Waals surface area contributed by atoms with Crippen LogP contribution in [0.4, 0.5) is 0 Å². The molecular formula is C43H58ClNO4. The Labute approximate surface area is 299 Å². The molecule has 8 rings (SSSR count). The molecule has 0 amide bonds. The van der Waals surface area contributed by atoms with Crippen LogP contribution in [-0.2, 0) is 24.7 Å². The standard InChI is InChI=1S/C43H58ClNO4/c1-24(2)37-34(47)22-43(45-42(19-20-42)28-7-9-29(44)10-8-28)18-14-33-30(38(37)43)11-12-36-40(5)17-15-35(26(4)32(40)13-16-41(33,36)6)49-39(48)31-21-27(23-46)25(31)3/h7-10,23-27,30-33,35-36,45H,11-22H2,1-6H3. The van der Waals surface area contributed by atoms with Gasteiger partial charge in [0.2, 0.25) is 0 Å². The maximum Gasteiger partial charge on any atom is 0.309 e. The predicted octanol–water partition coefficient (Wildman–Crippen LogP) is 9.25. The molecule has 0 bridgehead atoms. The van der Waals surface area contributed by atoms with Crippen LogP contribution in [0.2, 0.25) is 5.02 Å². The van der Waals surface area contributed by atoms with Crippen LogP contribution in [0.15, 0.2) is 35.4 Å². The Hall–Kier alpha value is -1.98. The van der Waals surface area contributed by atoms with Crippen molar-refractivity contribution in [2.45, 2.75) is 136 Å². The molecule has 6 saturated carbocycles. The van der Waals surface area contributed by atoms with Crippen molar-refractivity contribution < 1.29 is 19.1 Å². The minimum absolute atomic E-state index is 0.00420. The van der Waals surface area contributed by atoms with Crippen LogP contribution in [0.25, 0.3) is 0 Å². The molecule has 6 heteroatoms. The molecule has 49 heavy (non-hydrogen) atoms. The molecule has 7 aliphatic carbocycles. The second kappa shape index (κ2) is 11.8. The summed E-state index contributed by atoms with van der Waals surface area (Å²) in [6, 6.07) is 8.40. The number of rotatable bonds is 7. The molecule has 0 aromatic heterocycles. The highest BCUT2D eigenvalue weighted by atomic mass is 35.5. The van der Waals surface area contributed by atoms with E-state index in [1.165, 1.54) is 43.2 Å². The topological polar surface area (TPSA) is 72.5 Å². The molecule has 6 fully saturated rings. The van der Waals surface area contributed by atoms with Gasteiger partial charge in [-0.05, 0) is 152 Å². The van der Waals surface area contributed by atoms with Gasteiger partial charge in [0.15, 0.2) is 5.78 Å². The summed E-state index contributed by atoms with van der Waals surface area (Å²) >= 11 is 6.30. The van der Waals surface area contributed by atoms with Gasteiger partial charge in [-0.15, -0.1) is 0 Å². The summed E-state index contributed by atoms with van der Waals surface area (Å²) in [5.41, 5.74) is 4.12. The van der Waals surface area contributed by atoms with Crippen LogP contribution < -0.4 is 5.32 Å². The number of Topliss-reactive ketones (excluding diaryl/α,β-unsaturated/α-hetero) is 1. The number of ketones is 1. The second-order valence-corrected chi connectivity index (χ2v) is 19.2. The Morgan fingerprint density at radius 3 is 2.22 bits per heavy atom. The number of fused-ring (bicyclic) bond motifs is 7. The minimum atomic E-state index is -0.238. The largest absolute Gasteiger partial charge is 0.462 e. The third-order valence-electron chi connectivity index (χ3n) is 16.3. The second-order valence-electron chi connectivity index (χ2n) is 18.8. The van der Waals surface area contributed by atoms with E-state index in [1.54, 1.807) is 0 Å². The predicted molar refractivity (Wildman–Crippen MR) is 193 cm³/mol. The molecule has 12 atom stereocenters. The van der Waals surface area contributed by atoms with Gasteiger partial charge >= 0.3 is 5.97 Å². The number of nitrogens with one attached hydrogen (secondary N) is 1. The molecule has 266 valence electrons. The van der Waals surface area contributed by atoms with E-state index < -0.39 is 0 Å². The Morgan fingerprint density at radius 1 is 0.898 bits per heavy atom. The first kappa shape index (κ1) is 34.1. The fraction of sp³-hybridized carbons (Fsp3) is 0.744. The molecule has 12 unspecified atom stereocenters. The maximum atomic E-state index is 14.0. The van der Waals surface area contributed by atoms with Gasteiger partial charge in [0, 0.05) is 28.4 Å². The Bertz CT molecular complexity index is 1560. The summed E-state index contributed by atoms with van der Waals surface area (Å²) in [6.07, 6.45) is 13.5. The maximum absolute atomic E-state index is 14.0. The van der Waals surface area contributed by atoms with E-state index in [1.807, 2.05) is 19.1 Å². The fourth-order valence-electron chi connectivity index (χ4n) is 13.6. The summed E-state index contributed by atoms with van der Waals surface area (Å²) in [5, 5.41) is 5.04. The number of benzene rings is 1. The van der Waals surface area contributed by atoms with Crippen molar-refractivity contribution in [1.29, 1.82) is 0 Å². The minimum Gasteiger partial charge on any atom is -0.462 e. The first-order chi connectivity index (χ1) is 23.3. The molecule has 1 aromatic rings. The van der Waals surface area contributed by atoms with Gasteiger partial charge in [0.25, 0.3) is 0 Å². The SMILES string of the molecule is CC(C)C1=C2C3CCC4C(C)(CCC5C(C)C(OC(=O)C6CC(C=O)C6C)CCC54C)C3CCC2(NC2(c3ccc(Cl)cc3)CC2)CC1=O. The van der Waals surface area contributed by atoms with Gasteiger partial charge in [0.1, 0.15) is 12.4 Å². The molecule has 0 spiro atoms. The van der Waals surface area contributed by atoms with Crippen LogP contribution in [0.1, 0.15) is 124 Å². The highest BCUT2D eigenvalue weighted by Crippen LogP contribution is 2.71. The molecule has 1 N–H and O–H groups in total. The number of carbonyl (C=O) groups is 3. The Balaban J connectivity index is 1.05. The first-order valence-electron chi connectivity index (χ1n) is 19.8. The lowest BCUT2D eigenvalue weighted by molar-refractivity contribution is -0.195. The first-order valence-corrected chi connectivity index (χ1v) is 20.1. The van der Waals surface area contributed by atoms with E-state index >= 15 is 0 Å². The summed E-state index contributed by atoms with van der Waals surface area (Å²) < 4.78 is 6.29. The van der Waals surface area contributed by atoms with E-state index in [9.17, 15) is 14.4 Å². The molecule has 7 aliphatic rings. The Kier molecular flexibility index (Phi) is 8.20. The summed E-state index contributed by atoms with van der Waals surface area (Å²) in [5.74, 6) is 3.11. The van der Waals surface area contributed by atoms with Crippen molar-refractivity contribution in [2.24, 2.45) is 64.1 Å². The highest BCUT2D eigenvalue weighted by Gasteiger charge is 2.66. The zero-order valence-electron chi connectivity index (χ0n) is 30.7. The highest BCUT2D eigenvalue weighted by molar-refractivity contribution is 6.30. The molecule has 0 radical (unpaired) electrons. The van der Waals surface area contributed by atoms with Gasteiger partial charge in [0.05, 0.1) is 5.92 Å². The average molecular weight is 688 g/mol. The number of carbonyl (C=O) groups excluding carboxylic acids is 3. The number of hydrogen-bond acceptors (Lipinski definition) is 5. The van der Waals surface area contributed by atoms with Gasteiger partial charge in [-0.2, -0.15) is 0 Å². The fourth-order valence-corrected chi connectivity index (χ4v) is 13.7. The zero-order valence-corrected chi connectivity index (χ0v) is 31.4. The van der Waals surface area contributed by atoms with Crippen LogP contribution in [0.3, 0.4) is 0 Å². The van der Waals surface area contributed by atoms with Crippen LogP contribution in [0, 0.1) is 64.1 Å². The number of ether oxygens (including phenoxy) is 1. The van der Waals surface area contributed by atoms with E-state index in [0.29, 0.717) is 48.2 Å². The van der Waals surface area contributed by atoms with Crippen molar-refractivity contribution in [3.8, 4) is 0 Å². The van der Waals surface area contributed by atoms with Crippen LogP contribution in [-0.4, -0.2) is 29.7 Å². The smallest absolute Gasteiger partial charge is 0.309 e. The molecule has 0 aliphatic heterocycles. The zero-order chi connectivity index (χ0) is 34.7. The van der Waals surface area contributed by atoms with E-state index in [-0.39, 0.29) is 57.7 Å². The average Bonchev–Trinajstić information content (AvgIpc) is 3.75. The lowest BCUT2D eigenvalue weighted by Crippen LogP contribution is -2.63. The van der Waals surface area contributed by atoms with Crippen molar-refractivity contribution in [1.82, 2.24) is 5.32 Å². The van der Waals surface area contributed by atoms with Crippen molar-refractivity contribution in [2.75, 3.05) is 0 Å². The van der Waals surface area contributed by atoms with Crippen LogP contribution >= 0.6 is 11.6 Å².